The summed E-state index contributed by atoms with van der Waals surface area (Å²) in [6, 6.07) is 0.397. The van der Waals surface area contributed by atoms with Gasteiger partial charge in [-0.2, -0.15) is 0 Å². The summed E-state index contributed by atoms with van der Waals surface area (Å²) in [6.45, 7) is 8.66. The quantitative estimate of drug-likeness (QED) is 0.731. The van der Waals surface area contributed by atoms with Crippen LogP contribution in [0.5, 0.6) is 0 Å². The highest BCUT2D eigenvalue weighted by molar-refractivity contribution is 6.07. The summed E-state index contributed by atoms with van der Waals surface area (Å²) in [5, 5.41) is 0. The molecule has 1 aromatic heterocycles. The van der Waals surface area contributed by atoms with Crippen LogP contribution in [0, 0.1) is 12.7 Å². The lowest BCUT2D eigenvalue weighted by Gasteiger charge is -2.42. The van der Waals surface area contributed by atoms with Gasteiger partial charge in [-0.05, 0) is 26.8 Å². The number of anilines is 1. The van der Waals surface area contributed by atoms with E-state index in [-0.39, 0.29) is 5.82 Å². The smallest absolute Gasteiger partial charge is 0.168 e. The lowest BCUT2D eigenvalue weighted by atomic mass is 10.0. The van der Waals surface area contributed by atoms with E-state index < -0.39 is 0 Å². The Hall–Kier alpha value is -1.95. The second-order valence-electron chi connectivity index (χ2n) is 6.74. The summed E-state index contributed by atoms with van der Waals surface area (Å²) >= 11 is 0. The minimum absolute atomic E-state index is 0.257. The van der Waals surface area contributed by atoms with Crippen molar-refractivity contribution in [2.24, 2.45) is 4.99 Å². The SMILES string of the molecule is C=C1N=C2c3c(nc(C)c(F)c3N1C)CCC1CN(C)CCN21. The first kappa shape index (κ1) is 14.6. The summed E-state index contributed by atoms with van der Waals surface area (Å²) in [4.78, 5) is 15.7. The Kier molecular flexibility index (Phi) is 3.20. The van der Waals surface area contributed by atoms with Gasteiger partial charge in [-0.1, -0.05) is 6.58 Å². The summed E-state index contributed by atoms with van der Waals surface area (Å²) in [5.74, 6) is 1.19. The van der Waals surface area contributed by atoms with E-state index in [0.717, 1.165) is 49.6 Å². The van der Waals surface area contributed by atoms with Crippen LogP contribution in [0.2, 0.25) is 0 Å². The predicted octanol–water partition coefficient (Wildman–Crippen LogP) is 1.76. The Labute approximate surface area is 136 Å². The van der Waals surface area contributed by atoms with Gasteiger partial charge in [0.2, 0.25) is 0 Å². The van der Waals surface area contributed by atoms with Crippen LogP contribution in [0.15, 0.2) is 17.4 Å². The number of hydrogen-bond donors (Lipinski definition) is 0. The van der Waals surface area contributed by atoms with Crippen molar-refractivity contribution in [3.8, 4) is 0 Å². The Balaban J connectivity index is 1.94. The van der Waals surface area contributed by atoms with Crippen LogP contribution in [0.1, 0.15) is 23.4 Å². The topological polar surface area (TPSA) is 35.0 Å². The zero-order valence-electron chi connectivity index (χ0n) is 13.9. The highest BCUT2D eigenvalue weighted by atomic mass is 19.1. The van der Waals surface area contributed by atoms with Crippen LogP contribution in [-0.2, 0) is 6.42 Å². The maximum atomic E-state index is 14.8. The molecule has 1 unspecified atom stereocenters. The number of likely N-dealkylation sites (N-methyl/N-ethyl adjacent to an activating group) is 1. The molecular formula is C17H22FN5. The molecule has 0 amide bonds. The van der Waals surface area contributed by atoms with Crippen LogP contribution in [-0.4, -0.2) is 60.4 Å². The molecule has 0 bridgehead atoms. The van der Waals surface area contributed by atoms with Gasteiger partial charge < -0.3 is 14.7 Å². The van der Waals surface area contributed by atoms with E-state index in [1.54, 1.807) is 11.8 Å². The Morgan fingerprint density at radius 1 is 1.26 bits per heavy atom. The van der Waals surface area contributed by atoms with Crippen molar-refractivity contribution in [2.75, 3.05) is 38.6 Å². The average Bonchev–Trinajstić information content (AvgIpc) is 2.65. The number of halogens is 1. The zero-order valence-corrected chi connectivity index (χ0v) is 13.9. The molecule has 0 N–H and O–H groups in total. The predicted molar refractivity (Wildman–Crippen MR) is 89.3 cm³/mol. The van der Waals surface area contributed by atoms with Crippen LogP contribution in [0.4, 0.5) is 10.1 Å². The third-order valence-corrected chi connectivity index (χ3v) is 5.21. The normalized spacial score (nSPS) is 24.1. The number of piperazine rings is 1. The fourth-order valence-electron chi connectivity index (χ4n) is 3.89. The molecular weight excluding hydrogens is 293 g/mol. The molecule has 0 saturated carbocycles. The first-order valence-corrected chi connectivity index (χ1v) is 8.13. The van der Waals surface area contributed by atoms with Crippen LogP contribution in [0.3, 0.4) is 0 Å². The van der Waals surface area contributed by atoms with Crippen molar-refractivity contribution in [1.82, 2.24) is 14.8 Å². The number of nitrogens with zero attached hydrogens (tertiary/aromatic N) is 5. The molecule has 0 spiro atoms. The van der Waals surface area contributed by atoms with Gasteiger partial charge >= 0.3 is 0 Å². The maximum absolute atomic E-state index is 14.8. The highest BCUT2D eigenvalue weighted by Gasteiger charge is 2.38. The lowest BCUT2D eigenvalue weighted by Crippen LogP contribution is -2.54. The molecule has 0 aliphatic carbocycles. The summed E-state index contributed by atoms with van der Waals surface area (Å²) in [5.41, 5.74) is 2.88. The number of fused-ring (bicyclic) bond motifs is 2. The summed E-state index contributed by atoms with van der Waals surface area (Å²) in [7, 11) is 3.98. The number of hydrogen-bond acceptors (Lipinski definition) is 5. The van der Waals surface area contributed by atoms with E-state index in [9.17, 15) is 4.39 Å². The Morgan fingerprint density at radius 2 is 2.04 bits per heavy atom. The number of aryl methyl sites for hydroxylation is 2. The molecule has 0 aromatic carbocycles. The number of rotatable bonds is 0. The van der Waals surface area contributed by atoms with Crippen molar-refractivity contribution in [2.45, 2.75) is 25.8 Å². The van der Waals surface area contributed by atoms with E-state index >= 15 is 0 Å². The number of amidine groups is 1. The van der Waals surface area contributed by atoms with Gasteiger partial charge in [-0.3, -0.25) is 4.98 Å². The van der Waals surface area contributed by atoms with Crippen molar-refractivity contribution < 1.29 is 4.39 Å². The molecule has 1 fully saturated rings. The first-order chi connectivity index (χ1) is 11.0. The Bertz CT molecular complexity index is 726. The minimum atomic E-state index is -0.257. The number of aromatic nitrogens is 1. The third kappa shape index (κ3) is 2.08. The van der Waals surface area contributed by atoms with Crippen molar-refractivity contribution in [1.29, 1.82) is 0 Å². The molecule has 23 heavy (non-hydrogen) atoms. The van der Waals surface area contributed by atoms with Gasteiger partial charge in [0.05, 0.1) is 22.6 Å². The second-order valence-corrected chi connectivity index (χ2v) is 6.74. The van der Waals surface area contributed by atoms with E-state index in [1.807, 2.05) is 7.05 Å². The zero-order chi connectivity index (χ0) is 16.3. The molecule has 5 nitrogen and oxygen atoms in total. The molecule has 1 atom stereocenters. The third-order valence-electron chi connectivity index (χ3n) is 5.21. The standard InChI is InChI=1S/C17H22FN5/c1-10-15(18)16-14-13(19-10)6-5-12-9-21(3)7-8-23(12)17(14)20-11(2)22(16)4/h12H,2,5-9H2,1,3-4H3. The molecule has 0 radical (unpaired) electrons. The van der Waals surface area contributed by atoms with Gasteiger partial charge in [0, 0.05) is 32.7 Å². The summed E-state index contributed by atoms with van der Waals surface area (Å²) in [6.07, 6.45) is 1.88. The fourth-order valence-corrected chi connectivity index (χ4v) is 3.89. The van der Waals surface area contributed by atoms with Gasteiger partial charge in [0.15, 0.2) is 5.82 Å². The van der Waals surface area contributed by atoms with Crippen LogP contribution >= 0.6 is 0 Å². The fraction of sp³-hybridized carbons (Fsp3) is 0.529. The van der Waals surface area contributed by atoms with Crippen molar-refractivity contribution in [3.63, 3.8) is 0 Å². The molecule has 1 aromatic rings. The van der Waals surface area contributed by atoms with Crippen molar-refractivity contribution >= 4 is 11.5 Å². The van der Waals surface area contributed by atoms with E-state index in [0.29, 0.717) is 23.2 Å². The molecule has 1 saturated heterocycles. The number of pyridine rings is 1. The average molecular weight is 315 g/mol. The van der Waals surface area contributed by atoms with E-state index in [1.165, 1.54) is 0 Å². The van der Waals surface area contributed by atoms with Crippen LogP contribution in [0.25, 0.3) is 0 Å². The van der Waals surface area contributed by atoms with E-state index in [2.05, 4.69) is 28.4 Å². The van der Waals surface area contributed by atoms with Gasteiger partial charge in [0.25, 0.3) is 0 Å². The molecule has 3 aliphatic heterocycles. The van der Waals surface area contributed by atoms with Gasteiger partial charge in [-0.15, -0.1) is 0 Å². The molecule has 6 heteroatoms. The van der Waals surface area contributed by atoms with Crippen molar-refractivity contribution in [3.05, 3.63) is 35.2 Å². The second kappa shape index (κ2) is 5.03. The van der Waals surface area contributed by atoms with Gasteiger partial charge in [-0.25, -0.2) is 9.38 Å². The Morgan fingerprint density at radius 3 is 2.83 bits per heavy atom. The molecule has 4 rings (SSSR count). The lowest BCUT2D eigenvalue weighted by molar-refractivity contribution is 0.146. The van der Waals surface area contributed by atoms with Crippen LogP contribution < -0.4 is 4.90 Å². The monoisotopic (exact) mass is 315 g/mol. The highest BCUT2D eigenvalue weighted by Crippen LogP contribution is 2.38. The molecule has 122 valence electrons. The largest absolute Gasteiger partial charge is 0.350 e. The molecule has 3 aliphatic rings. The molecule has 4 heterocycles. The van der Waals surface area contributed by atoms with Gasteiger partial charge in [0.1, 0.15) is 11.7 Å². The minimum Gasteiger partial charge on any atom is -0.350 e. The van der Waals surface area contributed by atoms with E-state index in [4.69, 9.17) is 4.99 Å². The summed E-state index contributed by atoms with van der Waals surface area (Å²) < 4.78 is 14.8. The first-order valence-electron chi connectivity index (χ1n) is 8.13. The maximum Gasteiger partial charge on any atom is 0.168 e. The number of aliphatic imine (C=N–C) groups is 1.